The van der Waals surface area contributed by atoms with Crippen molar-refractivity contribution >= 4 is 12.0 Å². The van der Waals surface area contributed by atoms with E-state index in [1.807, 2.05) is 30.3 Å². The lowest BCUT2D eigenvalue weighted by atomic mass is 10.1. The van der Waals surface area contributed by atoms with Crippen molar-refractivity contribution in [1.82, 2.24) is 5.32 Å². The molecule has 1 rings (SSSR count). The van der Waals surface area contributed by atoms with Crippen LogP contribution in [-0.2, 0) is 4.79 Å². The molecule has 0 spiro atoms. The van der Waals surface area contributed by atoms with Gasteiger partial charge in [-0.2, -0.15) is 5.26 Å². The van der Waals surface area contributed by atoms with Gasteiger partial charge in [0.25, 0.3) is 5.91 Å². The summed E-state index contributed by atoms with van der Waals surface area (Å²) in [4.78, 5) is 11.4. The molecule has 0 aliphatic carbocycles. The largest absolute Gasteiger partial charge is 0.494 e. The fourth-order valence-electron chi connectivity index (χ4n) is 1.52. The molecule has 1 aromatic rings. The Hall–Kier alpha value is -2.28. The Labute approximate surface area is 120 Å². The van der Waals surface area contributed by atoms with Crippen molar-refractivity contribution in [3.8, 4) is 11.8 Å². The van der Waals surface area contributed by atoms with Crippen molar-refractivity contribution in [3.63, 3.8) is 0 Å². The molecule has 0 fully saturated rings. The second-order valence-corrected chi connectivity index (χ2v) is 4.85. The zero-order valence-corrected chi connectivity index (χ0v) is 12.1. The van der Waals surface area contributed by atoms with Gasteiger partial charge in [0.2, 0.25) is 0 Å². The summed E-state index contributed by atoms with van der Waals surface area (Å²) in [6, 6.07) is 9.21. The van der Waals surface area contributed by atoms with E-state index in [1.54, 1.807) is 6.08 Å². The maximum atomic E-state index is 11.4. The maximum absolute atomic E-state index is 11.4. The number of rotatable bonds is 6. The number of amides is 1. The molecule has 0 aliphatic rings. The predicted molar refractivity (Wildman–Crippen MR) is 79.0 cm³/mol. The van der Waals surface area contributed by atoms with Crippen molar-refractivity contribution in [3.05, 3.63) is 35.4 Å². The molecule has 0 saturated heterocycles. The lowest BCUT2D eigenvalue weighted by Gasteiger charge is -2.08. The van der Waals surface area contributed by atoms with Gasteiger partial charge < -0.3 is 10.1 Å². The number of hydrogen-bond acceptors (Lipinski definition) is 3. The van der Waals surface area contributed by atoms with Gasteiger partial charge in [0, 0.05) is 7.05 Å². The first kappa shape index (κ1) is 15.8. The number of likely N-dealkylation sites (N-methyl/N-ethyl adjacent to an activating group) is 1. The van der Waals surface area contributed by atoms with Crippen LogP contribution in [0.25, 0.3) is 6.08 Å². The SMILES string of the molecule is CNC(=O)/C(C#N)=C\c1ccc(OCCC(C)C)cc1. The second kappa shape index (κ2) is 8.00. The molecule has 4 nitrogen and oxygen atoms in total. The molecule has 0 bridgehead atoms. The first-order valence-corrected chi connectivity index (χ1v) is 6.63. The first-order chi connectivity index (χ1) is 9.56. The summed E-state index contributed by atoms with van der Waals surface area (Å²) in [6.07, 6.45) is 2.56. The van der Waals surface area contributed by atoms with E-state index in [1.165, 1.54) is 7.05 Å². The van der Waals surface area contributed by atoms with Crippen molar-refractivity contribution < 1.29 is 9.53 Å². The van der Waals surface area contributed by atoms with E-state index in [0.717, 1.165) is 17.7 Å². The Bertz CT molecular complexity index is 510. The lowest BCUT2D eigenvalue weighted by Crippen LogP contribution is -2.19. The number of hydrogen-bond donors (Lipinski definition) is 1. The van der Waals surface area contributed by atoms with Gasteiger partial charge in [0.15, 0.2) is 0 Å². The standard InChI is InChI=1S/C16H20N2O2/c1-12(2)8-9-20-15-6-4-13(5-7-15)10-14(11-17)16(19)18-3/h4-7,10,12H,8-9H2,1-3H3,(H,18,19)/b14-10-. The third-order valence-electron chi connectivity index (χ3n) is 2.75. The minimum Gasteiger partial charge on any atom is -0.494 e. The normalized spacial score (nSPS) is 11.1. The number of nitriles is 1. The van der Waals surface area contributed by atoms with Crippen LogP contribution in [0.5, 0.6) is 5.75 Å². The molecule has 0 heterocycles. The van der Waals surface area contributed by atoms with Gasteiger partial charge in [-0.25, -0.2) is 0 Å². The summed E-state index contributed by atoms with van der Waals surface area (Å²) >= 11 is 0. The number of carbonyl (C=O) groups excluding carboxylic acids is 1. The van der Waals surface area contributed by atoms with Crippen molar-refractivity contribution in [2.75, 3.05) is 13.7 Å². The first-order valence-electron chi connectivity index (χ1n) is 6.63. The summed E-state index contributed by atoms with van der Waals surface area (Å²) in [5.41, 5.74) is 0.877. The van der Waals surface area contributed by atoms with E-state index < -0.39 is 0 Å². The van der Waals surface area contributed by atoms with Crippen molar-refractivity contribution in [1.29, 1.82) is 5.26 Å². The van der Waals surface area contributed by atoms with Gasteiger partial charge in [0.1, 0.15) is 17.4 Å². The molecule has 20 heavy (non-hydrogen) atoms. The van der Waals surface area contributed by atoms with Crippen LogP contribution in [0.2, 0.25) is 0 Å². The summed E-state index contributed by atoms with van der Waals surface area (Å²) < 4.78 is 5.61. The fraction of sp³-hybridized carbons (Fsp3) is 0.375. The summed E-state index contributed by atoms with van der Waals surface area (Å²) in [6.45, 7) is 4.99. The van der Waals surface area contributed by atoms with E-state index >= 15 is 0 Å². The van der Waals surface area contributed by atoms with Crippen LogP contribution in [-0.4, -0.2) is 19.6 Å². The van der Waals surface area contributed by atoms with Gasteiger partial charge in [-0.15, -0.1) is 0 Å². The van der Waals surface area contributed by atoms with Crippen LogP contribution in [0.1, 0.15) is 25.8 Å². The highest BCUT2D eigenvalue weighted by molar-refractivity contribution is 6.01. The predicted octanol–water partition coefficient (Wildman–Crippen LogP) is 2.76. The quantitative estimate of drug-likeness (QED) is 0.640. The number of carbonyl (C=O) groups is 1. The van der Waals surface area contributed by atoms with E-state index in [4.69, 9.17) is 10.00 Å². The Kier molecular flexibility index (Phi) is 6.31. The van der Waals surface area contributed by atoms with Crippen LogP contribution in [0.4, 0.5) is 0 Å². The lowest BCUT2D eigenvalue weighted by molar-refractivity contribution is -0.116. The van der Waals surface area contributed by atoms with Gasteiger partial charge in [-0.1, -0.05) is 26.0 Å². The highest BCUT2D eigenvalue weighted by Crippen LogP contribution is 2.15. The average Bonchev–Trinajstić information content (AvgIpc) is 2.45. The summed E-state index contributed by atoms with van der Waals surface area (Å²) in [5, 5.41) is 11.3. The number of ether oxygens (including phenoxy) is 1. The third-order valence-corrected chi connectivity index (χ3v) is 2.75. The molecule has 0 radical (unpaired) electrons. The van der Waals surface area contributed by atoms with Gasteiger partial charge in [-0.05, 0) is 36.1 Å². The Balaban J connectivity index is 2.69. The third kappa shape index (κ3) is 5.15. The minimum absolute atomic E-state index is 0.0842. The van der Waals surface area contributed by atoms with Crippen molar-refractivity contribution in [2.45, 2.75) is 20.3 Å². The van der Waals surface area contributed by atoms with Crippen molar-refractivity contribution in [2.24, 2.45) is 5.92 Å². The van der Waals surface area contributed by atoms with Gasteiger partial charge in [0.05, 0.1) is 6.61 Å². The molecule has 106 valence electrons. The molecular weight excluding hydrogens is 252 g/mol. The molecule has 0 aliphatic heterocycles. The Morgan fingerprint density at radius 3 is 2.55 bits per heavy atom. The zero-order valence-electron chi connectivity index (χ0n) is 12.1. The zero-order chi connectivity index (χ0) is 15.0. The molecule has 0 aromatic heterocycles. The molecule has 1 amide bonds. The van der Waals surface area contributed by atoms with Crippen LogP contribution in [0, 0.1) is 17.2 Å². The minimum atomic E-state index is -0.384. The molecule has 4 heteroatoms. The summed E-state index contributed by atoms with van der Waals surface area (Å²) in [7, 11) is 1.50. The summed E-state index contributed by atoms with van der Waals surface area (Å²) in [5.74, 6) is 1.02. The average molecular weight is 272 g/mol. The second-order valence-electron chi connectivity index (χ2n) is 4.85. The van der Waals surface area contributed by atoms with E-state index in [-0.39, 0.29) is 11.5 Å². The number of nitrogens with one attached hydrogen (secondary N) is 1. The topological polar surface area (TPSA) is 62.1 Å². The van der Waals surface area contributed by atoms with E-state index in [9.17, 15) is 4.79 Å². The molecule has 0 atom stereocenters. The molecule has 1 aromatic carbocycles. The smallest absolute Gasteiger partial charge is 0.261 e. The number of nitrogens with zero attached hydrogens (tertiary/aromatic N) is 1. The monoisotopic (exact) mass is 272 g/mol. The van der Waals surface area contributed by atoms with Crippen LogP contribution < -0.4 is 10.1 Å². The number of benzene rings is 1. The Morgan fingerprint density at radius 1 is 1.40 bits per heavy atom. The van der Waals surface area contributed by atoms with Crippen LogP contribution in [0.15, 0.2) is 29.8 Å². The van der Waals surface area contributed by atoms with Crippen LogP contribution >= 0.6 is 0 Å². The fourth-order valence-corrected chi connectivity index (χ4v) is 1.52. The Morgan fingerprint density at radius 2 is 2.05 bits per heavy atom. The highest BCUT2D eigenvalue weighted by Gasteiger charge is 2.05. The highest BCUT2D eigenvalue weighted by atomic mass is 16.5. The maximum Gasteiger partial charge on any atom is 0.261 e. The van der Waals surface area contributed by atoms with Crippen LogP contribution in [0.3, 0.4) is 0 Å². The van der Waals surface area contributed by atoms with E-state index in [2.05, 4.69) is 19.2 Å². The van der Waals surface area contributed by atoms with E-state index in [0.29, 0.717) is 12.5 Å². The molecule has 1 N–H and O–H groups in total. The molecular formula is C16H20N2O2. The molecule has 0 saturated carbocycles. The van der Waals surface area contributed by atoms with Gasteiger partial charge >= 0.3 is 0 Å². The van der Waals surface area contributed by atoms with Gasteiger partial charge in [-0.3, -0.25) is 4.79 Å². The molecule has 0 unspecified atom stereocenters.